The van der Waals surface area contributed by atoms with E-state index in [1.165, 1.54) is 10.5 Å². The van der Waals surface area contributed by atoms with Crippen molar-refractivity contribution in [3.05, 3.63) is 68.8 Å². The van der Waals surface area contributed by atoms with Gasteiger partial charge < -0.3 is 20.4 Å². The molecule has 7 heteroatoms. The van der Waals surface area contributed by atoms with Gasteiger partial charge in [0.25, 0.3) is 11.8 Å². The molecule has 2 aromatic rings. The van der Waals surface area contributed by atoms with Gasteiger partial charge in [0.05, 0.1) is 6.04 Å². The van der Waals surface area contributed by atoms with Crippen molar-refractivity contribution in [1.82, 2.24) is 10.2 Å². The van der Waals surface area contributed by atoms with Crippen LogP contribution in [-0.4, -0.2) is 45.7 Å². The number of hydrogen-bond donors (Lipinski definition) is 3. The zero-order valence-corrected chi connectivity index (χ0v) is 17.7. The SMILES string of the molecule is C[C@H](NC(=O)C(O)C(O)C(=O)N1CCc2ccccc2C1)c1ccc(I)cc1. The van der Waals surface area contributed by atoms with Crippen LogP contribution in [0.1, 0.15) is 29.7 Å². The molecule has 6 nitrogen and oxygen atoms in total. The topological polar surface area (TPSA) is 89.9 Å². The van der Waals surface area contributed by atoms with E-state index in [1.807, 2.05) is 48.5 Å². The molecule has 1 aliphatic heterocycles. The summed E-state index contributed by atoms with van der Waals surface area (Å²) in [7, 11) is 0. The second-order valence-corrected chi connectivity index (χ2v) is 8.20. The van der Waals surface area contributed by atoms with Gasteiger partial charge in [-0.05, 0) is 64.8 Å². The number of fused-ring (bicyclic) bond motifs is 1. The maximum Gasteiger partial charge on any atom is 0.255 e. The van der Waals surface area contributed by atoms with Crippen LogP contribution in [0.15, 0.2) is 48.5 Å². The van der Waals surface area contributed by atoms with E-state index in [1.54, 1.807) is 6.92 Å². The van der Waals surface area contributed by atoms with E-state index in [0.717, 1.165) is 14.7 Å². The Labute approximate surface area is 177 Å². The Balaban J connectivity index is 1.60. The number of carbonyl (C=O) groups excluding carboxylic acids is 2. The third kappa shape index (κ3) is 4.71. The minimum absolute atomic E-state index is 0.358. The van der Waals surface area contributed by atoms with Gasteiger partial charge in [-0.15, -0.1) is 0 Å². The molecule has 1 aliphatic rings. The molecular weight excluding hydrogens is 471 g/mol. The molecule has 3 atom stereocenters. The van der Waals surface area contributed by atoms with E-state index in [4.69, 9.17) is 0 Å². The molecular formula is C21H23IN2O4. The van der Waals surface area contributed by atoms with Gasteiger partial charge in [0.1, 0.15) is 0 Å². The molecule has 3 N–H and O–H groups in total. The number of aliphatic hydroxyl groups is 2. The van der Waals surface area contributed by atoms with Gasteiger partial charge >= 0.3 is 0 Å². The predicted octanol–water partition coefficient (Wildman–Crippen LogP) is 1.78. The van der Waals surface area contributed by atoms with Crippen molar-refractivity contribution in [2.75, 3.05) is 6.54 Å². The first kappa shape index (κ1) is 20.8. The van der Waals surface area contributed by atoms with Crippen LogP contribution in [0.4, 0.5) is 0 Å². The molecule has 2 amide bonds. The van der Waals surface area contributed by atoms with Crippen LogP contribution in [0.25, 0.3) is 0 Å². The van der Waals surface area contributed by atoms with Gasteiger partial charge in [0.15, 0.2) is 12.2 Å². The highest BCUT2D eigenvalue weighted by molar-refractivity contribution is 14.1. The quantitative estimate of drug-likeness (QED) is 0.553. The van der Waals surface area contributed by atoms with Crippen molar-refractivity contribution in [3.63, 3.8) is 0 Å². The molecule has 148 valence electrons. The highest BCUT2D eigenvalue weighted by Gasteiger charge is 2.35. The molecule has 0 bridgehead atoms. The summed E-state index contributed by atoms with van der Waals surface area (Å²) in [5.41, 5.74) is 3.06. The minimum Gasteiger partial charge on any atom is -0.380 e. The fraction of sp³-hybridized carbons (Fsp3) is 0.333. The number of aliphatic hydroxyl groups excluding tert-OH is 2. The van der Waals surface area contributed by atoms with E-state index < -0.39 is 24.0 Å². The van der Waals surface area contributed by atoms with Gasteiger partial charge in [0, 0.05) is 16.7 Å². The van der Waals surface area contributed by atoms with Crippen LogP contribution >= 0.6 is 22.6 Å². The summed E-state index contributed by atoms with van der Waals surface area (Å²) < 4.78 is 1.07. The van der Waals surface area contributed by atoms with Crippen molar-refractivity contribution >= 4 is 34.4 Å². The average molecular weight is 494 g/mol. The van der Waals surface area contributed by atoms with Crippen molar-refractivity contribution in [1.29, 1.82) is 0 Å². The number of halogens is 1. The summed E-state index contributed by atoms with van der Waals surface area (Å²) in [6.07, 6.45) is -2.94. The van der Waals surface area contributed by atoms with E-state index in [2.05, 4.69) is 27.9 Å². The van der Waals surface area contributed by atoms with Crippen LogP contribution in [0.3, 0.4) is 0 Å². The van der Waals surface area contributed by atoms with Crippen LogP contribution in [0, 0.1) is 3.57 Å². The molecule has 1 heterocycles. The van der Waals surface area contributed by atoms with E-state index in [-0.39, 0.29) is 6.04 Å². The fourth-order valence-electron chi connectivity index (χ4n) is 3.28. The predicted molar refractivity (Wildman–Crippen MR) is 113 cm³/mol. The lowest BCUT2D eigenvalue weighted by Crippen LogP contribution is -2.51. The van der Waals surface area contributed by atoms with E-state index >= 15 is 0 Å². The number of nitrogens with one attached hydrogen (secondary N) is 1. The fourth-order valence-corrected chi connectivity index (χ4v) is 3.64. The number of hydrogen-bond acceptors (Lipinski definition) is 4. The molecule has 2 unspecified atom stereocenters. The summed E-state index contributed by atoms with van der Waals surface area (Å²) in [4.78, 5) is 26.4. The lowest BCUT2D eigenvalue weighted by Gasteiger charge is -2.31. The molecule has 28 heavy (non-hydrogen) atoms. The van der Waals surface area contributed by atoms with E-state index in [9.17, 15) is 19.8 Å². The van der Waals surface area contributed by atoms with Crippen molar-refractivity contribution in [3.8, 4) is 0 Å². The summed E-state index contributed by atoms with van der Waals surface area (Å²) >= 11 is 2.19. The van der Waals surface area contributed by atoms with Crippen LogP contribution in [-0.2, 0) is 22.6 Å². The number of amides is 2. The smallest absolute Gasteiger partial charge is 0.255 e. The molecule has 3 rings (SSSR count). The number of rotatable bonds is 5. The largest absolute Gasteiger partial charge is 0.380 e. The Morgan fingerprint density at radius 2 is 1.68 bits per heavy atom. The first-order valence-electron chi connectivity index (χ1n) is 9.14. The van der Waals surface area contributed by atoms with Crippen LogP contribution in [0.5, 0.6) is 0 Å². The van der Waals surface area contributed by atoms with Crippen molar-refractivity contribution < 1.29 is 19.8 Å². The Morgan fingerprint density at radius 1 is 1.04 bits per heavy atom. The molecule has 0 aromatic heterocycles. The maximum absolute atomic E-state index is 12.6. The second kappa shape index (κ2) is 9.02. The van der Waals surface area contributed by atoms with E-state index in [0.29, 0.717) is 19.5 Å². The third-order valence-corrected chi connectivity index (χ3v) is 5.71. The van der Waals surface area contributed by atoms with Gasteiger partial charge in [-0.2, -0.15) is 0 Å². The van der Waals surface area contributed by atoms with Gasteiger partial charge in [-0.25, -0.2) is 0 Å². The van der Waals surface area contributed by atoms with Gasteiger partial charge in [0.2, 0.25) is 0 Å². The lowest BCUT2D eigenvalue weighted by molar-refractivity contribution is -0.154. The monoisotopic (exact) mass is 494 g/mol. The van der Waals surface area contributed by atoms with Gasteiger partial charge in [-0.1, -0.05) is 36.4 Å². The highest BCUT2D eigenvalue weighted by atomic mass is 127. The first-order chi connectivity index (χ1) is 13.4. The molecule has 0 saturated carbocycles. The molecule has 2 aromatic carbocycles. The molecule has 0 spiro atoms. The zero-order chi connectivity index (χ0) is 20.3. The van der Waals surface area contributed by atoms with Crippen LogP contribution < -0.4 is 5.32 Å². The Hall–Kier alpha value is -1.97. The minimum atomic E-state index is -1.82. The normalized spacial score (nSPS) is 16.6. The summed E-state index contributed by atoms with van der Waals surface area (Å²) in [5, 5.41) is 23.1. The lowest BCUT2D eigenvalue weighted by atomic mass is 9.99. The molecule has 0 saturated heterocycles. The molecule has 0 radical (unpaired) electrons. The molecule has 0 fully saturated rings. The average Bonchev–Trinajstić information content (AvgIpc) is 2.72. The summed E-state index contributed by atoms with van der Waals surface area (Å²) in [6, 6.07) is 15.0. The standard InChI is InChI=1S/C21H23IN2O4/c1-13(14-6-8-17(22)9-7-14)23-20(27)18(25)19(26)21(28)24-11-10-15-4-2-3-5-16(15)12-24/h2-9,13,18-19,25-26H,10-12H2,1H3,(H,23,27)/t13-,18?,19?/m0/s1. The second-order valence-electron chi connectivity index (χ2n) is 6.95. The number of carbonyl (C=O) groups is 2. The maximum atomic E-state index is 12.6. The summed E-state index contributed by atoms with van der Waals surface area (Å²) in [5.74, 6) is -1.41. The Bertz CT molecular complexity index is 856. The number of nitrogens with zero attached hydrogens (tertiary/aromatic N) is 1. The number of benzene rings is 2. The molecule has 0 aliphatic carbocycles. The Morgan fingerprint density at radius 3 is 2.36 bits per heavy atom. The van der Waals surface area contributed by atoms with Crippen LogP contribution in [0.2, 0.25) is 0 Å². The van der Waals surface area contributed by atoms with Crippen molar-refractivity contribution in [2.24, 2.45) is 0 Å². The first-order valence-corrected chi connectivity index (χ1v) is 10.2. The Kier molecular flexibility index (Phi) is 6.69. The summed E-state index contributed by atoms with van der Waals surface area (Å²) in [6.45, 7) is 2.59. The third-order valence-electron chi connectivity index (χ3n) is 4.99. The van der Waals surface area contributed by atoms with Crippen molar-refractivity contribution in [2.45, 2.75) is 38.1 Å². The van der Waals surface area contributed by atoms with Gasteiger partial charge in [-0.3, -0.25) is 9.59 Å². The highest BCUT2D eigenvalue weighted by Crippen LogP contribution is 2.20. The zero-order valence-electron chi connectivity index (χ0n) is 15.5.